The molecule has 0 saturated heterocycles. The lowest BCUT2D eigenvalue weighted by atomic mass is 10.2. The van der Waals surface area contributed by atoms with Crippen molar-refractivity contribution in [2.45, 2.75) is 9.79 Å². The fraction of sp³-hybridized carbons (Fsp3) is 0.111. The molecule has 0 spiro atoms. The average molecular weight is 480 g/mol. The summed E-state index contributed by atoms with van der Waals surface area (Å²) in [6.45, 7) is 0. The van der Waals surface area contributed by atoms with Crippen LogP contribution in [0.15, 0.2) is 64.5 Å². The molecule has 12 nitrogen and oxygen atoms in total. The summed E-state index contributed by atoms with van der Waals surface area (Å²) >= 11 is 0. The largest absolute Gasteiger partial charge is 0.465 e. The number of aromatic nitrogens is 3. The highest BCUT2D eigenvalue weighted by Gasteiger charge is 2.42. The molecule has 14 heteroatoms. The molecule has 0 unspecified atom stereocenters. The number of carbonyl (C=O) groups excluding carboxylic acids is 2. The Kier molecular flexibility index (Phi) is 6.27. The lowest BCUT2D eigenvalue weighted by Crippen LogP contribution is -2.38. The van der Waals surface area contributed by atoms with Gasteiger partial charge in [0.25, 0.3) is 20.0 Å². The average Bonchev–Trinajstić information content (AvgIpc) is 3.31. The van der Waals surface area contributed by atoms with E-state index in [0.29, 0.717) is 0 Å². The van der Waals surface area contributed by atoms with Crippen molar-refractivity contribution in [3.05, 3.63) is 65.9 Å². The van der Waals surface area contributed by atoms with Crippen LogP contribution in [0.5, 0.6) is 0 Å². The van der Waals surface area contributed by atoms with Crippen molar-refractivity contribution in [1.29, 1.82) is 0 Å². The van der Waals surface area contributed by atoms with Gasteiger partial charge in [-0.25, -0.2) is 9.59 Å². The first-order valence-corrected chi connectivity index (χ1v) is 11.5. The summed E-state index contributed by atoms with van der Waals surface area (Å²) in [4.78, 5) is 23.0. The van der Waals surface area contributed by atoms with E-state index in [1.807, 2.05) is 0 Å². The third-order valence-corrected chi connectivity index (χ3v) is 8.41. The number of carbonyl (C=O) groups is 2. The second kappa shape index (κ2) is 8.76. The Morgan fingerprint density at radius 1 is 0.812 bits per heavy atom. The fourth-order valence-corrected chi connectivity index (χ4v) is 6.68. The predicted octanol–water partition coefficient (Wildman–Crippen LogP) is 0.962. The molecule has 1 N–H and O–H groups in total. The van der Waals surface area contributed by atoms with E-state index in [2.05, 4.69) is 24.9 Å². The Hall–Kier alpha value is -3.78. The quantitative estimate of drug-likeness (QED) is 0.481. The molecular formula is C18H16N4O8S2. The molecule has 0 radical (unpaired) electrons. The van der Waals surface area contributed by atoms with Gasteiger partial charge in [0.2, 0.25) is 0 Å². The van der Waals surface area contributed by atoms with E-state index < -0.39 is 58.7 Å². The molecule has 1 aromatic heterocycles. The van der Waals surface area contributed by atoms with E-state index in [-0.39, 0.29) is 3.71 Å². The first-order valence-electron chi connectivity index (χ1n) is 8.67. The lowest BCUT2D eigenvalue weighted by molar-refractivity contribution is 0.0587. The molecule has 32 heavy (non-hydrogen) atoms. The minimum atomic E-state index is -4.99. The minimum Gasteiger partial charge on any atom is -0.465 e. The van der Waals surface area contributed by atoms with Crippen LogP contribution in [0, 0.1) is 0 Å². The number of aromatic amines is 1. The zero-order valence-electron chi connectivity index (χ0n) is 16.6. The van der Waals surface area contributed by atoms with Crippen LogP contribution in [0.3, 0.4) is 0 Å². The minimum absolute atomic E-state index is 0.0208. The zero-order valence-corrected chi connectivity index (χ0v) is 18.3. The second-order valence-corrected chi connectivity index (χ2v) is 9.75. The highest BCUT2D eigenvalue weighted by atomic mass is 32.3. The summed E-state index contributed by atoms with van der Waals surface area (Å²) in [5.74, 6) is -2.63. The molecule has 168 valence electrons. The van der Waals surface area contributed by atoms with Gasteiger partial charge >= 0.3 is 11.9 Å². The molecule has 0 atom stereocenters. The maximum Gasteiger partial charge on any atom is 0.339 e. The highest BCUT2D eigenvalue weighted by Crippen LogP contribution is 2.32. The van der Waals surface area contributed by atoms with Crippen molar-refractivity contribution in [3.8, 4) is 0 Å². The number of rotatable bonds is 7. The topological polar surface area (TPSA) is 166 Å². The van der Waals surface area contributed by atoms with E-state index in [9.17, 15) is 26.4 Å². The van der Waals surface area contributed by atoms with Gasteiger partial charge in [-0.1, -0.05) is 24.3 Å². The van der Waals surface area contributed by atoms with Gasteiger partial charge in [-0.3, -0.25) is 0 Å². The number of methoxy groups -OCH3 is 2. The SMILES string of the molecule is COC(=O)c1ccccc1S(=O)(=O)N(c1cn[nH]n1)S(=O)(=O)c1ccccc1C(=O)OC. The van der Waals surface area contributed by atoms with Gasteiger partial charge in [0.1, 0.15) is 9.79 Å². The van der Waals surface area contributed by atoms with Gasteiger partial charge in [-0.05, 0) is 24.3 Å². The Morgan fingerprint density at radius 2 is 1.25 bits per heavy atom. The number of hydrogen-bond donors (Lipinski definition) is 1. The zero-order chi connectivity index (χ0) is 23.5. The van der Waals surface area contributed by atoms with E-state index in [1.54, 1.807) is 0 Å². The maximum atomic E-state index is 13.6. The summed E-state index contributed by atoms with van der Waals surface area (Å²) in [5, 5.41) is 9.20. The maximum absolute atomic E-state index is 13.6. The van der Waals surface area contributed by atoms with Crippen LogP contribution in [-0.2, 0) is 29.5 Å². The molecule has 0 aliphatic heterocycles. The van der Waals surface area contributed by atoms with Gasteiger partial charge in [0.15, 0.2) is 5.82 Å². The van der Waals surface area contributed by atoms with Crippen LogP contribution in [0.25, 0.3) is 0 Å². The molecule has 2 aromatic carbocycles. The number of ether oxygens (including phenoxy) is 2. The third-order valence-electron chi connectivity index (χ3n) is 4.17. The van der Waals surface area contributed by atoms with Crippen LogP contribution in [-0.4, -0.2) is 58.4 Å². The number of nitrogens with zero attached hydrogens (tertiary/aromatic N) is 3. The van der Waals surface area contributed by atoms with Crippen LogP contribution >= 0.6 is 0 Å². The molecule has 0 amide bonds. The highest BCUT2D eigenvalue weighted by molar-refractivity contribution is 8.10. The first kappa shape index (κ1) is 22.9. The van der Waals surface area contributed by atoms with Crippen molar-refractivity contribution in [2.75, 3.05) is 17.9 Å². The fourth-order valence-electron chi connectivity index (χ4n) is 2.78. The molecule has 1 heterocycles. The number of sulfonamides is 2. The van der Waals surface area contributed by atoms with E-state index >= 15 is 0 Å². The van der Waals surface area contributed by atoms with Crippen molar-refractivity contribution >= 4 is 37.8 Å². The van der Waals surface area contributed by atoms with Crippen LogP contribution in [0.4, 0.5) is 5.82 Å². The molecule has 0 aliphatic rings. The van der Waals surface area contributed by atoms with Crippen LogP contribution < -0.4 is 3.71 Å². The lowest BCUT2D eigenvalue weighted by Gasteiger charge is -2.23. The monoisotopic (exact) mass is 480 g/mol. The van der Waals surface area contributed by atoms with E-state index in [0.717, 1.165) is 44.7 Å². The Balaban J connectivity index is 2.32. The predicted molar refractivity (Wildman–Crippen MR) is 109 cm³/mol. The van der Waals surface area contributed by atoms with Crippen molar-refractivity contribution in [2.24, 2.45) is 0 Å². The second-order valence-electron chi connectivity index (χ2n) is 6.01. The van der Waals surface area contributed by atoms with Crippen LogP contribution in [0.1, 0.15) is 20.7 Å². The van der Waals surface area contributed by atoms with E-state index in [4.69, 9.17) is 0 Å². The number of nitrogens with one attached hydrogen (secondary N) is 1. The van der Waals surface area contributed by atoms with Gasteiger partial charge < -0.3 is 9.47 Å². The van der Waals surface area contributed by atoms with Crippen LogP contribution in [0.2, 0.25) is 0 Å². The van der Waals surface area contributed by atoms with Crippen molar-refractivity contribution in [3.63, 3.8) is 0 Å². The number of H-pyrrole nitrogens is 1. The molecule has 0 saturated carbocycles. The van der Waals surface area contributed by atoms with Gasteiger partial charge in [-0.15, -0.1) is 8.81 Å². The number of benzene rings is 2. The summed E-state index contributed by atoms with van der Waals surface area (Å²) in [7, 11) is -7.90. The third kappa shape index (κ3) is 3.92. The van der Waals surface area contributed by atoms with Gasteiger partial charge in [0.05, 0.1) is 31.5 Å². The summed E-state index contributed by atoms with van der Waals surface area (Å²) in [6.07, 6.45) is 0.858. The van der Waals surface area contributed by atoms with Gasteiger partial charge in [0, 0.05) is 0 Å². The first-order chi connectivity index (χ1) is 15.2. The Bertz CT molecular complexity index is 1280. The smallest absolute Gasteiger partial charge is 0.339 e. The standard InChI is InChI=1S/C18H16N4O8S2/c1-29-17(23)12-7-3-5-9-14(12)31(25,26)22(16-11-19-21-20-16)32(27,28)15-10-6-4-8-13(15)18(24)30-2/h3-11H,1-2H3,(H,19,20,21). The summed E-state index contributed by atoms with van der Waals surface area (Å²) in [6, 6.07) is 9.76. The Labute approximate surface area is 182 Å². The molecular weight excluding hydrogens is 464 g/mol. The molecule has 3 aromatic rings. The van der Waals surface area contributed by atoms with E-state index in [1.165, 1.54) is 24.3 Å². The number of anilines is 1. The molecule has 3 rings (SSSR count). The van der Waals surface area contributed by atoms with Gasteiger partial charge in [-0.2, -0.15) is 27.1 Å². The summed E-state index contributed by atoms with van der Waals surface area (Å²) < 4.78 is 63.5. The molecule has 0 bridgehead atoms. The molecule has 0 fully saturated rings. The Morgan fingerprint density at radius 3 is 1.62 bits per heavy atom. The normalized spacial score (nSPS) is 11.6. The number of esters is 2. The summed E-state index contributed by atoms with van der Waals surface area (Å²) in [5.41, 5.74) is -0.806. The van der Waals surface area contributed by atoms with Crippen molar-refractivity contribution < 1.29 is 35.9 Å². The number of hydrogen-bond acceptors (Lipinski definition) is 10. The molecule has 0 aliphatic carbocycles. The van der Waals surface area contributed by atoms with Crippen molar-refractivity contribution in [1.82, 2.24) is 15.4 Å².